The summed E-state index contributed by atoms with van der Waals surface area (Å²) in [7, 11) is 0. The molecule has 31 heavy (non-hydrogen) atoms. The first-order valence-corrected chi connectivity index (χ1v) is 11.2. The molecule has 1 N–H and O–H groups in total. The third-order valence-electron chi connectivity index (χ3n) is 5.42. The van der Waals surface area contributed by atoms with Crippen molar-refractivity contribution in [2.24, 2.45) is 4.99 Å². The average Bonchev–Trinajstić information content (AvgIpc) is 2.96. The molecule has 5 rings (SSSR count). The van der Waals surface area contributed by atoms with Crippen LogP contribution in [0.25, 0.3) is 0 Å². The molecule has 0 radical (unpaired) electrons. The molecule has 1 fully saturated rings. The van der Waals surface area contributed by atoms with E-state index in [4.69, 9.17) is 4.99 Å². The molecule has 1 aromatic heterocycles. The summed E-state index contributed by atoms with van der Waals surface area (Å²) >= 11 is 1.52. The highest BCUT2D eigenvalue weighted by atomic mass is 32.2. The molecular weight excluding hydrogens is 411 g/mol. The van der Waals surface area contributed by atoms with Crippen LogP contribution in [0.5, 0.6) is 0 Å². The number of hydrogen-bond donors (Lipinski definition) is 1. The first kappa shape index (κ1) is 19.9. The van der Waals surface area contributed by atoms with Crippen molar-refractivity contribution in [2.45, 2.75) is 29.2 Å². The molecule has 0 spiro atoms. The minimum Gasteiger partial charge on any atom is -0.285 e. The van der Waals surface area contributed by atoms with Gasteiger partial charge in [0, 0.05) is 40.9 Å². The van der Waals surface area contributed by atoms with E-state index >= 15 is 0 Å². The highest BCUT2D eigenvalue weighted by Gasteiger charge is 2.21. The maximum Gasteiger partial charge on any atom is 0.265 e. The zero-order chi connectivity index (χ0) is 21.2. The number of aliphatic imine (C=N–C) groups is 1. The minimum absolute atomic E-state index is 0.131. The number of amides is 1. The molecule has 0 unspecified atom stereocenters. The van der Waals surface area contributed by atoms with Gasteiger partial charge in [-0.05, 0) is 67.4 Å². The first-order valence-electron chi connectivity index (χ1n) is 10.4. The van der Waals surface area contributed by atoms with Crippen molar-refractivity contribution in [1.29, 1.82) is 0 Å². The van der Waals surface area contributed by atoms with Crippen molar-refractivity contribution in [3.8, 4) is 0 Å². The fourth-order valence-corrected chi connectivity index (χ4v) is 4.75. The van der Waals surface area contributed by atoms with Gasteiger partial charge in [0.25, 0.3) is 5.91 Å². The largest absolute Gasteiger partial charge is 0.285 e. The summed E-state index contributed by atoms with van der Waals surface area (Å²) in [6.07, 6.45) is 5.15. The predicted octanol–water partition coefficient (Wildman–Crippen LogP) is 4.99. The molecule has 1 saturated heterocycles. The number of nitrogens with zero attached hydrogens (tertiary/aromatic N) is 3. The van der Waals surface area contributed by atoms with Gasteiger partial charge in [0.15, 0.2) is 0 Å². The number of pyridine rings is 1. The Balaban J connectivity index is 1.54. The van der Waals surface area contributed by atoms with Crippen LogP contribution in [0.4, 0.5) is 10.1 Å². The lowest BCUT2D eigenvalue weighted by Crippen LogP contribution is -2.45. The Kier molecular flexibility index (Phi) is 5.53. The van der Waals surface area contributed by atoms with Gasteiger partial charge in [-0.1, -0.05) is 18.2 Å². The standard InChI is InChI=1S/C24H21FN4OS/c25-18-9-6-16(7-10-18)22-19-5-4-12-26-24(19)31-21-11-8-17(15-20(21)27-22)23(30)28-29-13-2-1-3-14-29/h4-12,15H,1-3,13-14H2,(H,28,30). The van der Waals surface area contributed by atoms with Crippen LogP contribution in [0.2, 0.25) is 0 Å². The van der Waals surface area contributed by atoms with Crippen LogP contribution in [0.1, 0.15) is 40.7 Å². The number of hydrazine groups is 1. The van der Waals surface area contributed by atoms with E-state index in [1.54, 1.807) is 18.3 Å². The normalized spacial score (nSPS) is 16.0. The molecule has 0 bridgehead atoms. The smallest absolute Gasteiger partial charge is 0.265 e. The fraction of sp³-hybridized carbons (Fsp3) is 0.208. The third-order valence-corrected chi connectivity index (χ3v) is 6.50. The molecular formula is C24H21FN4OS. The van der Waals surface area contributed by atoms with Crippen LogP contribution >= 0.6 is 11.8 Å². The van der Waals surface area contributed by atoms with Crippen LogP contribution in [0.15, 0.2) is 75.7 Å². The maximum absolute atomic E-state index is 13.5. The van der Waals surface area contributed by atoms with E-state index in [9.17, 15) is 9.18 Å². The van der Waals surface area contributed by atoms with E-state index in [1.165, 1.54) is 30.3 Å². The third kappa shape index (κ3) is 4.24. The monoisotopic (exact) mass is 432 g/mol. The Bertz CT molecular complexity index is 1160. The van der Waals surface area contributed by atoms with Crippen molar-refractivity contribution < 1.29 is 9.18 Å². The number of hydrogen-bond acceptors (Lipinski definition) is 5. The van der Waals surface area contributed by atoms with Crippen LogP contribution in [0.3, 0.4) is 0 Å². The second kappa shape index (κ2) is 8.61. The summed E-state index contributed by atoms with van der Waals surface area (Å²) in [5, 5.41) is 2.81. The Labute approximate surface area is 184 Å². The number of nitrogens with one attached hydrogen (secondary N) is 1. The SMILES string of the molecule is O=C(NN1CCCCC1)c1ccc2c(c1)N=C(c1ccc(F)cc1)c1cccnc1S2. The van der Waals surface area contributed by atoms with Crippen LogP contribution in [-0.4, -0.2) is 34.7 Å². The van der Waals surface area contributed by atoms with E-state index in [0.717, 1.165) is 47.0 Å². The molecule has 3 aromatic rings. The number of fused-ring (bicyclic) bond motifs is 2. The molecule has 0 saturated carbocycles. The van der Waals surface area contributed by atoms with E-state index in [0.29, 0.717) is 17.0 Å². The van der Waals surface area contributed by atoms with E-state index in [1.807, 2.05) is 35.3 Å². The lowest BCUT2D eigenvalue weighted by Gasteiger charge is -2.26. The van der Waals surface area contributed by atoms with Gasteiger partial charge in [-0.25, -0.2) is 19.4 Å². The number of carbonyl (C=O) groups excluding carboxylic acids is 1. The number of halogens is 1. The number of aromatic nitrogens is 1. The van der Waals surface area contributed by atoms with Gasteiger partial charge in [0.1, 0.15) is 10.8 Å². The lowest BCUT2D eigenvalue weighted by molar-refractivity contribution is 0.0750. The van der Waals surface area contributed by atoms with Gasteiger partial charge < -0.3 is 0 Å². The zero-order valence-corrected chi connectivity index (χ0v) is 17.7. The average molecular weight is 433 g/mol. The fourth-order valence-electron chi connectivity index (χ4n) is 3.81. The number of piperidine rings is 1. The van der Waals surface area contributed by atoms with E-state index in [2.05, 4.69) is 10.4 Å². The van der Waals surface area contributed by atoms with Gasteiger partial charge >= 0.3 is 0 Å². The molecule has 7 heteroatoms. The maximum atomic E-state index is 13.5. The summed E-state index contributed by atoms with van der Waals surface area (Å²) in [6, 6.07) is 15.7. The van der Waals surface area contributed by atoms with E-state index < -0.39 is 0 Å². The summed E-state index contributed by atoms with van der Waals surface area (Å²) in [5.74, 6) is -0.427. The van der Waals surface area contributed by atoms with Gasteiger partial charge in [-0.15, -0.1) is 0 Å². The zero-order valence-electron chi connectivity index (χ0n) is 16.8. The molecule has 0 atom stereocenters. The molecule has 156 valence electrons. The quantitative estimate of drug-likeness (QED) is 0.496. The van der Waals surface area contributed by atoms with Crippen molar-refractivity contribution in [2.75, 3.05) is 13.1 Å². The molecule has 3 heterocycles. The summed E-state index contributed by atoms with van der Waals surface area (Å²) in [6.45, 7) is 1.75. The molecule has 2 aromatic carbocycles. The number of rotatable bonds is 3. The Morgan fingerprint density at radius 3 is 2.65 bits per heavy atom. The second-order valence-electron chi connectivity index (χ2n) is 7.60. The molecule has 0 aliphatic carbocycles. The van der Waals surface area contributed by atoms with Crippen LogP contribution < -0.4 is 5.43 Å². The predicted molar refractivity (Wildman–Crippen MR) is 119 cm³/mol. The van der Waals surface area contributed by atoms with Crippen molar-refractivity contribution >= 4 is 29.1 Å². The minimum atomic E-state index is -0.296. The molecule has 1 amide bonds. The highest BCUT2D eigenvalue weighted by Crippen LogP contribution is 2.40. The highest BCUT2D eigenvalue weighted by molar-refractivity contribution is 7.99. The Hall–Kier alpha value is -3.03. The summed E-state index contributed by atoms with van der Waals surface area (Å²) in [5.41, 5.74) is 6.67. The van der Waals surface area contributed by atoms with Gasteiger partial charge in [0.05, 0.1) is 11.4 Å². The number of carbonyl (C=O) groups is 1. The van der Waals surface area contributed by atoms with Crippen LogP contribution in [0, 0.1) is 5.82 Å². The summed E-state index contributed by atoms with van der Waals surface area (Å²) in [4.78, 5) is 23.2. The number of benzene rings is 2. The Morgan fingerprint density at radius 1 is 1.03 bits per heavy atom. The lowest BCUT2D eigenvalue weighted by atomic mass is 10.0. The second-order valence-corrected chi connectivity index (χ2v) is 8.63. The Morgan fingerprint density at radius 2 is 1.84 bits per heavy atom. The summed E-state index contributed by atoms with van der Waals surface area (Å²) < 4.78 is 13.5. The van der Waals surface area contributed by atoms with Crippen molar-refractivity contribution in [3.05, 3.63) is 83.3 Å². The van der Waals surface area contributed by atoms with Gasteiger partial charge in [-0.2, -0.15) is 0 Å². The molecule has 2 aliphatic rings. The first-order chi connectivity index (χ1) is 15.2. The van der Waals surface area contributed by atoms with E-state index in [-0.39, 0.29) is 11.7 Å². The van der Waals surface area contributed by atoms with Crippen molar-refractivity contribution in [3.63, 3.8) is 0 Å². The molecule has 2 aliphatic heterocycles. The van der Waals surface area contributed by atoms with Crippen molar-refractivity contribution in [1.82, 2.24) is 15.4 Å². The van der Waals surface area contributed by atoms with Crippen LogP contribution in [-0.2, 0) is 0 Å². The van der Waals surface area contributed by atoms with Gasteiger partial charge in [-0.3, -0.25) is 10.2 Å². The molecule has 5 nitrogen and oxygen atoms in total. The topological polar surface area (TPSA) is 57.6 Å². The van der Waals surface area contributed by atoms with Gasteiger partial charge in [0.2, 0.25) is 0 Å².